The molecule has 1 saturated heterocycles. The van der Waals surface area contributed by atoms with E-state index in [-0.39, 0.29) is 17.7 Å². The summed E-state index contributed by atoms with van der Waals surface area (Å²) in [7, 11) is 0. The SMILES string of the molecule is NCC1CCC(C(=O)NC(Cc2ccc(-c3ccc(N4CCOCC4)cc3)cc2)C(=O)Nc2ccc(-c3nn[nH]n3)cc2)CC1. The van der Waals surface area contributed by atoms with Gasteiger partial charge >= 0.3 is 0 Å². The molecule has 0 bridgehead atoms. The summed E-state index contributed by atoms with van der Waals surface area (Å²) in [6.07, 6.45) is 3.82. The molecule has 2 amide bonds. The molecule has 1 aliphatic heterocycles. The number of hydrogen-bond acceptors (Lipinski definition) is 8. The Balaban J connectivity index is 1.14. The van der Waals surface area contributed by atoms with E-state index in [1.54, 1.807) is 12.1 Å². The van der Waals surface area contributed by atoms with E-state index < -0.39 is 6.04 Å². The minimum absolute atomic E-state index is 0.0740. The van der Waals surface area contributed by atoms with Gasteiger partial charge in [-0.3, -0.25) is 9.59 Å². The predicted octanol–water partition coefficient (Wildman–Crippen LogP) is 3.80. The number of benzene rings is 3. The Morgan fingerprint density at radius 1 is 0.889 bits per heavy atom. The lowest BCUT2D eigenvalue weighted by molar-refractivity contribution is -0.130. The quantitative estimate of drug-likeness (QED) is 0.212. The van der Waals surface area contributed by atoms with Crippen LogP contribution in [0.4, 0.5) is 11.4 Å². The van der Waals surface area contributed by atoms with Gasteiger partial charge in [0.15, 0.2) is 0 Å². The van der Waals surface area contributed by atoms with Crippen molar-refractivity contribution in [1.29, 1.82) is 0 Å². The molecule has 1 aromatic heterocycles. The van der Waals surface area contributed by atoms with E-state index in [0.29, 0.717) is 30.4 Å². The van der Waals surface area contributed by atoms with Crippen LogP contribution in [0.1, 0.15) is 31.2 Å². The lowest BCUT2D eigenvalue weighted by Gasteiger charge is -2.29. The van der Waals surface area contributed by atoms with Crippen molar-refractivity contribution >= 4 is 23.2 Å². The van der Waals surface area contributed by atoms with Crippen LogP contribution in [0.3, 0.4) is 0 Å². The fourth-order valence-corrected chi connectivity index (χ4v) is 6.13. The van der Waals surface area contributed by atoms with E-state index in [2.05, 4.69) is 72.6 Å². The number of morpholine rings is 1. The molecule has 11 nitrogen and oxygen atoms in total. The molecule has 0 radical (unpaired) electrons. The van der Waals surface area contributed by atoms with E-state index in [0.717, 1.165) is 74.2 Å². The number of nitrogens with zero attached hydrogens (tertiary/aromatic N) is 4. The Kier molecular flexibility index (Phi) is 9.77. The van der Waals surface area contributed by atoms with Crippen LogP contribution in [-0.2, 0) is 20.7 Å². The topological polar surface area (TPSA) is 151 Å². The molecule has 11 heteroatoms. The first-order chi connectivity index (χ1) is 22.1. The average molecular weight is 609 g/mol. The molecular weight excluding hydrogens is 568 g/mol. The summed E-state index contributed by atoms with van der Waals surface area (Å²) in [5.41, 5.74) is 11.6. The Morgan fingerprint density at radius 2 is 1.53 bits per heavy atom. The van der Waals surface area contributed by atoms with Crippen molar-refractivity contribution in [2.24, 2.45) is 17.6 Å². The largest absolute Gasteiger partial charge is 0.378 e. The molecule has 2 aliphatic rings. The highest BCUT2D eigenvalue weighted by Crippen LogP contribution is 2.29. The number of aromatic amines is 1. The zero-order chi connectivity index (χ0) is 31.0. The summed E-state index contributed by atoms with van der Waals surface area (Å²) in [5.74, 6) is 0.487. The van der Waals surface area contributed by atoms with E-state index >= 15 is 0 Å². The number of ether oxygens (including phenoxy) is 1. The molecule has 2 heterocycles. The predicted molar refractivity (Wildman–Crippen MR) is 173 cm³/mol. The molecule has 1 unspecified atom stereocenters. The molecule has 1 atom stereocenters. The molecular formula is C34H40N8O3. The molecule has 6 rings (SSSR count). The monoisotopic (exact) mass is 608 g/mol. The molecule has 0 spiro atoms. The highest BCUT2D eigenvalue weighted by molar-refractivity contribution is 5.97. The third-order valence-electron chi connectivity index (χ3n) is 8.91. The van der Waals surface area contributed by atoms with Crippen LogP contribution in [0.5, 0.6) is 0 Å². The van der Waals surface area contributed by atoms with Gasteiger partial charge in [0.25, 0.3) is 0 Å². The maximum absolute atomic E-state index is 13.6. The number of rotatable bonds is 10. The lowest BCUT2D eigenvalue weighted by atomic mass is 9.81. The molecule has 4 aromatic rings. The van der Waals surface area contributed by atoms with Crippen LogP contribution < -0.4 is 21.3 Å². The van der Waals surface area contributed by atoms with Gasteiger partial charge in [-0.05, 0) is 96.4 Å². The first-order valence-corrected chi connectivity index (χ1v) is 15.7. The van der Waals surface area contributed by atoms with Crippen molar-refractivity contribution < 1.29 is 14.3 Å². The van der Waals surface area contributed by atoms with Crippen LogP contribution in [0.2, 0.25) is 0 Å². The second-order valence-corrected chi connectivity index (χ2v) is 11.9. The molecule has 2 fully saturated rings. The summed E-state index contributed by atoms with van der Waals surface area (Å²) in [6.45, 7) is 3.97. The van der Waals surface area contributed by atoms with E-state index in [1.807, 2.05) is 24.3 Å². The van der Waals surface area contributed by atoms with Gasteiger partial charge in [0.1, 0.15) is 6.04 Å². The molecule has 45 heavy (non-hydrogen) atoms. The zero-order valence-electron chi connectivity index (χ0n) is 25.3. The summed E-state index contributed by atoms with van der Waals surface area (Å²) in [5, 5.41) is 20.1. The maximum Gasteiger partial charge on any atom is 0.247 e. The van der Waals surface area contributed by atoms with Crippen molar-refractivity contribution in [3.05, 3.63) is 78.4 Å². The Labute approximate surface area is 262 Å². The van der Waals surface area contributed by atoms with Gasteiger partial charge in [-0.15, -0.1) is 10.2 Å². The second kappa shape index (κ2) is 14.4. The van der Waals surface area contributed by atoms with Gasteiger partial charge < -0.3 is 26.0 Å². The van der Waals surface area contributed by atoms with Gasteiger partial charge in [-0.1, -0.05) is 36.4 Å². The summed E-state index contributed by atoms with van der Waals surface area (Å²) in [6, 6.07) is 23.3. The van der Waals surface area contributed by atoms with Crippen molar-refractivity contribution in [3.8, 4) is 22.5 Å². The van der Waals surface area contributed by atoms with E-state index in [4.69, 9.17) is 10.5 Å². The van der Waals surface area contributed by atoms with Crippen LogP contribution in [-0.4, -0.2) is 71.3 Å². The van der Waals surface area contributed by atoms with Gasteiger partial charge in [-0.25, -0.2) is 0 Å². The number of anilines is 2. The zero-order valence-corrected chi connectivity index (χ0v) is 25.3. The van der Waals surface area contributed by atoms with Gasteiger partial charge in [0, 0.05) is 42.4 Å². The smallest absolute Gasteiger partial charge is 0.247 e. The van der Waals surface area contributed by atoms with Crippen molar-refractivity contribution in [2.45, 2.75) is 38.1 Å². The third-order valence-corrected chi connectivity index (χ3v) is 8.91. The third kappa shape index (κ3) is 7.73. The van der Waals surface area contributed by atoms with E-state index in [9.17, 15) is 9.59 Å². The molecule has 3 aromatic carbocycles. The lowest BCUT2D eigenvalue weighted by Crippen LogP contribution is -2.48. The Morgan fingerprint density at radius 3 is 2.16 bits per heavy atom. The first kappa shape index (κ1) is 30.4. The minimum Gasteiger partial charge on any atom is -0.378 e. The number of amides is 2. The number of nitrogens with two attached hydrogens (primary N) is 1. The standard InChI is InChI=1S/C34H40N8O3/c35-22-24-3-7-28(8-4-24)33(43)37-31(34(44)36-29-13-9-27(10-14-29)32-38-40-41-39-32)21-23-1-5-25(6-2-23)26-11-15-30(16-12-26)42-17-19-45-20-18-42/h1-2,5-6,9-16,24,28,31H,3-4,7-8,17-22,35H2,(H,36,44)(H,37,43)(H,38,39,40,41). The van der Waals surface area contributed by atoms with Gasteiger partial charge in [0.2, 0.25) is 17.6 Å². The number of carbonyl (C=O) groups excluding carboxylic acids is 2. The molecule has 234 valence electrons. The van der Waals surface area contributed by atoms with Crippen LogP contribution >= 0.6 is 0 Å². The Hall–Kier alpha value is -4.61. The summed E-state index contributed by atoms with van der Waals surface area (Å²) >= 11 is 0. The highest BCUT2D eigenvalue weighted by Gasteiger charge is 2.29. The second-order valence-electron chi connectivity index (χ2n) is 11.9. The molecule has 5 N–H and O–H groups in total. The highest BCUT2D eigenvalue weighted by atomic mass is 16.5. The van der Waals surface area contributed by atoms with Gasteiger partial charge in [-0.2, -0.15) is 5.21 Å². The minimum atomic E-state index is -0.736. The van der Waals surface area contributed by atoms with Gasteiger partial charge in [0.05, 0.1) is 13.2 Å². The van der Waals surface area contributed by atoms with Crippen molar-refractivity contribution in [3.63, 3.8) is 0 Å². The average Bonchev–Trinajstić information content (AvgIpc) is 3.64. The molecule has 1 aliphatic carbocycles. The number of H-pyrrole nitrogens is 1. The molecule has 1 saturated carbocycles. The van der Waals surface area contributed by atoms with Crippen LogP contribution in [0.25, 0.3) is 22.5 Å². The number of hydrogen-bond donors (Lipinski definition) is 4. The summed E-state index contributed by atoms with van der Waals surface area (Å²) < 4.78 is 5.47. The fourth-order valence-electron chi connectivity index (χ4n) is 6.13. The van der Waals surface area contributed by atoms with E-state index in [1.165, 1.54) is 5.69 Å². The Bertz CT molecular complexity index is 1530. The number of carbonyl (C=O) groups is 2. The number of nitrogens with one attached hydrogen (secondary N) is 3. The van der Waals surface area contributed by atoms with Crippen molar-refractivity contribution in [1.82, 2.24) is 25.9 Å². The summed E-state index contributed by atoms with van der Waals surface area (Å²) in [4.78, 5) is 29.3. The normalized spacial score (nSPS) is 19.1. The fraction of sp³-hybridized carbons (Fsp3) is 0.382. The number of aromatic nitrogens is 4. The van der Waals surface area contributed by atoms with Crippen LogP contribution in [0.15, 0.2) is 72.8 Å². The first-order valence-electron chi connectivity index (χ1n) is 15.7. The van der Waals surface area contributed by atoms with Crippen molar-refractivity contribution in [2.75, 3.05) is 43.1 Å². The maximum atomic E-state index is 13.6. The van der Waals surface area contributed by atoms with Crippen LogP contribution in [0, 0.1) is 11.8 Å². The number of tetrazole rings is 1.